The molecule has 0 amide bonds. The van der Waals surface area contributed by atoms with Crippen LogP contribution in [-0.2, 0) is 0 Å². The summed E-state index contributed by atoms with van der Waals surface area (Å²) in [5.41, 5.74) is 1.12. The number of ether oxygens (including phenoxy) is 1. The number of allylic oxidation sites excluding steroid dienone is 4. The zero-order chi connectivity index (χ0) is 13.1. The molecule has 0 saturated heterocycles. The van der Waals surface area contributed by atoms with E-state index in [0.717, 1.165) is 11.3 Å². The molecule has 1 aromatic rings. The Balaban J connectivity index is 0.00000121. The Morgan fingerprint density at radius 1 is 1.35 bits per heavy atom. The molecule has 0 aliphatic carbocycles. The van der Waals surface area contributed by atoms with E-state index in [-0.39, 0.29) is 0 Å². The van der Waals surface area contributed by atoms with Crippen LogP contribution in [0, 0.1) is 6.92 Å². The Morgan fingerprint density at radius 2 is 2.06 bits per heavy atom. The van der Waals surface area contributed by atoms with Crippen LogP contribution in [0.5, 0.6) is 5.88 Å². The van der Waals surface area contributed by atoms with Gasteiger partial charge in [-0.15, -0.1) is 0 Å². The monoisotopic (exact) mass is 231 g/mol. The number of nitrogens with zero attached hydrogens (tertiary/aromatic N) is 1. The Labute approximate surface area is 104 Å². The molecule has 1 rings (SSSR count). The van der Waals surface area contributed by atoms with Crippen LogP contribution < -0.4 is 4.74 Å². The SMILES string of the molecule is C=C/C=C\C(=C/C)Oc1ccc(C)cn1.CC. The van der Waals surface area contributed by atoms with Gasteiger partial charge in [0.25, 0.3) is 0 Å². The van der Waals surface area contributed by atoms with Crippen LogP contribution in [0.15, 0.2) is 55.0 Å². The molecule has 1 aromatic heterocycles. The van der Waals surface area contributed by atoms with E-state index in [1.165, 1.54) is 0 Å². The van der Waals surface area contributed by atoms with Gasteiger partial charge in [0.1, 0.15) is 5.76 Å². The average molecular weight is 231 g/mol. The van der Waals surface area contributed by atoms with Crippen LogP contribution in [0.25, 0.3) is 0 Å². The lowest BCUT2D eigenvalue weighted by Gasteiger charge is -2.04. The number of aromatic nitrogens is 1. The van der Waals surface area contributed by atoms with Crippen molar-refractivity contribution >= 4 is 0 Å². The van der Waals surface area contributed by atoms with Gasteiger partial charge in [-0.1, -0.05) is 38.6 Å². The van der Waals surface area contributed by atoms with Crippen molar-refractivity contribution in [3.8, 4) is 5.88 Å². The largest absolute Gasteiger partial charge is 0.439 e. The van der Waals surface area contributed by atoms with Crippen molar-refractivity contribution in [1.29, 1.82) is 0 Å². The van der Waals surface area contributed by atoms with E-state index in [4.69, 9.17) is 4.74 Å². The normalized spacial score (nSPS) is 10.7. The standard InChI is InChI=1S/C13H15NO.C2H6/c1-4-6-7-12(5-2)15-13-9-8-11(3)10-14-13;1-2/h4-10H,1H2,2-3H3;1-2H3/b7-6-,12-5+;. The molecule has 17 heavy (non-hydrogen) atoms. The van der Waals surface area contributed by atoms with Gasteiger partial charge in [-0.25, -0.2) is 4.98 Å². The maximum absolute atomic E-state index is 5.54. The number of pyridine rings is 1. The van der Waals surface area contributed by atoms with Crippen molar-refractivity contribution in [2.24, 2.45) is 0 Å². The summed E-state index contributed by atoms with van der Waals surface area (Å²) in [5.74, 6) is 1.36. The van der Waals surface area contributed by atoms with E-state index in [1.54, 1.807) is 12.3 Å². The van der Waals surface area contributed by atoms with Crippen molar-refractivity contribution in [2.75, 3.05) is 0 Å². The first-order valence-electron chi connectivity index (χ1n) is 5.82. The smallest absolute Gasteiger partial charge is 0.219 e. The molecule has 0 unspecified atom stereocenters. The molecule has 0 atom stereocenters. The van der Waals surface area contributed by atoms with Gasteiger partial charge in [-0.05, 0) is 31.6 Å². The highest BCUT2D eigenvalue weighted by atomic mass is 16.5. The fraction of sp³-hybridized carbons (Fsp3) is 0.267. The third-order valence-electron chi connectivity index (χ3n) is 1.79. The third kappa shape index (κ3) is 6.36. The van der Waals surface area contributed by atoms with E-state index in [9.17, 15) is 0 Å². The zero-order valence-electron chi connectivity index (χ0n) is 11.1. The third-order valence-corrected chi connectivity index (χ3v) is 1.79. The molecule has 0 radical (unpaired) electrons. The molecule has 0 saturated carbocycles. The topological polar surface area (TPSA) is 22.1 Å². The Morgan fingerprint density at radius 3 is 2.53 bits per heavy atom. The lowest BCUT2D eigenvalue weighted by molar-refractivity contribution is 0.425. The second-order valence-corrected chi connectivity index (χ2v) is 3.06. The molecule has 92 valence electrons. The van der Waals surface area contributed by atoms with Gasteiger partial charge in [0, 0.05) is 12.3 Å². The predicted molar refractivity (Wildman–Crippen MR) is 74.0 cm³/mol. The first-order chi connectivity index (χ1) is 8.26. The summed E-state index contributed by atoms with van der Waals surface area (Å²) in [6, 6.07) is 3.81. The summed E-state index contributed by atoms with van der Waals surface area (Å²) in [4.78, 5) is 4.15. The molecule has 0 N–H and O–H groups in total. The van der Waals surface area contributed by atoms with Gasteiger partial charge in [0.15, 0.2) is 0 Å². The molecule has 0 aliphatic heterocycles. The quantitative estimate of drug-likeness (QED) is 0.564. The highest BCUT2D eigenvalue weighted by Gasteiger charge is 1.96. The van der Waals surface area contributed by atoms with E-state index in [1.807, 2.05) is 58.1 Å². The summed E-state index contributed by atoms with van der Waals surface area (Å²) in [7, 11) is 0. The van der Waals surface area contributed by atoms with E-state index >= 15 is 0 Å². The Hall–Kier alpha value is -1.83. The van der Waals surface area contributed by atoms with Crippen LogP contribution in [0.1, 0.15) is 26.3 Å². The molecular formula is C15H21NO. The maximum Gasteiger partial charge on any atom is 0.219 e. The van der Waals surface area contributed by atoms with Gasteiger partial charge in [0.2, 0.25) is 5.88 Å². The zero-order valence-corrected chi connectivity index (χ0v) is 11.1. The lowest BCUT2D eigenvalue weighted by Crippen LogP contribution is -1.94. The molecule has 0 bridgehead atoms. The van der Waals surface area contributed by atoms with Crippen LogP contribution in [-0.4, -0.2) is 4.98 Å². The molecule has 2 heteroatoms. The number of aryl methyl sites for hydroxylation is 1. The van der Waals surface area contributed by atoms with Gasteiger partial charge in [-0.2, -0.15) is 0 Å². The van der Waals surface area contributed by atoms with Crippen molar-refractivity contribution in [3.63, 3.8) is 0 Å². The minimum absolute atomic E-state index is 0.599. The molecule has 0 fully saturated rings. The van der Waals surface area contributed by atoms with E-state index in [0.29, 0.717) is 5.88 Å². The highest BCUT2D eigenvalue weighted by Crippen LogP contribution is 2.11. The summed E-state index contributed by atoms with van der Waals surface area (Å²) in [6.07, 6.45) is 9.02. The van der Waals surface area contributed by atoms with Crippen molar-refractivity contribution < 1.29 is 4.74 Å². The number of rotatable bonds is 4. The molecule has 1 heterocycles. The van der Waals surface area contributed by atoms with Crippen LogP contribution in [0.2, 0.25) is 0 Å². The molecule has 0 spiro atoms. The fourth-order valence-electron chi connectivity index (χ4n) is 0.987. The second-order valence-electron chi connectivity index (χ2n) is 3.06. The first-order valence-corrected chi connectivity index (χ1v) is 5.82. The summed E-state index contributed by atoms with van der Waals surface area (Å²) < 4.78 is 5.54. The Bertz CT molecular complexity index is 374. The maximum atomic E-state index is 5.54. The fourth-order valence-corrected chi connectivity index (χ4v) is 0.987. The minimum atomic E-state index is 0.599. The molecule has 0 aliphatic rings. The Kier molecular flexibility index (Phi) is 8.39. The van der Waals surface area contributed by atoms with Gasteiger partial charge < -0.3 is 4.74 Å². The van der Waals surface area contributed by atoms with Crippen LogP contribution >= 0.6 is 0 Å². The molecule has 0 aromatic carbocycles. The minimum Gasteiger partial charge on any atom is -0.439 e. The highest BCUT2D eigenvalue weighted by molar-refractivity contribution is 5.23. The molecule has 2 nitrogen and oxygen atoms in total. The van der Waals surface area contributed by atoms with E-state index < -0.39 is 0 Å². The average Bonchev–Trinajstić information content (AvgIpc) is 2.39. The van der Waals surface area contributed by atoms with Crippen LogP contribution in [0.3, 0.4) is 0 Å². The lowest BCUT2D eigenvalue weighted by atomic mass is 10.3. The summed E-state index contributed by atoms with van der Waals surface area (Å²) in [6.45, 7) is 11.5. The van der Waals surface area contributed by atoms with Gasteiger partial charge in [0.05, 0.1) is 0 Å². The van der Waals surface area contributed by atoms with Crippen molar-refractivity contribution in [2.45, 2.75) is 27.7 Å². The van der Waals surface area contributed by atoms with Gasteiger partial charge >= 0.3 is 0 Å². The first kappa shape index (κ1) is 15.2. The molecular weight excluding hydrogens is 210 g/mol. The van der Waals surface area contributed by atoms with Crippen molar-refractivity contribution in [3.05, 3.63) is 60.5 Å². The predicted octanol–water partition coefficient (Wildman–Crippen LogP) is 4.44. The van der Waals surface area contributed by atoms with Crippen LogP contribution in [0.4, 0.5) is 0 Å². The van der Waals surface area contributed by atoms with Crippen molar-refractivity contribution in [1.82, 2.24) is 4.98 Å². The van der Waals surface area contributed by atoms with E-state index in [2.05, 4.69) is 11.6 Å². The van der Waals surface area contributed by atoms with Gasteiger partial charge in [-0.3, -0.25) is 0 Å². The summed E-state index contributed by atoms with van der Waals surface area (Å²) >= 11 is 0. The number of hydrogen-bond acceptors (Lipinski definition) is 2. The summed E-state index contributed by atoms with van der Waals surface area (Å²) in [5, 5.41) is 0. The number of hydrogen-bond donors (Lipinski definition) is 0. The second kappa shape index (κ2) is 9.40.